The monoisotopic (exact) mass is 194 g/mol. The smallest absolute Gasteiger partial charge is 0.373 e. The number of aliphatic hydroxyl groups excluding tert-OH is 1. The molecule has 0 spiro atoms. The predicted octanol–water partition coefficient (Wildman–Crippen LogP) is 0.939. The molecule has 0 radical (unpaired) electrons. The number of aliphatic hydroxyl groups is 1. The molecule has 74 valence electrons. The third kappa shape index (κ3) is 2.85. The van der Waals surface area contributed by atoms with Gasteiger partial charge in [-0.1, -0.05) is 0 Å². The first kappa shape index (κ1) is 10.2. The van der Waals surface area contributed by atoms with Gasteiger partial charge in [0.1, 0.15) is 0 Å². The molecule has 1 rings (SSSR count). The van der Waals surface area contributed by atoms with E-state index >= 15 is 0 Å². The molecule has 0 unspecified atom stereocenters. The summed E-state index contributed by atoms with van der Waals surface area (Å²) in [4.78, 5) is 18.6. The first-order valence-electron chi connectivity index (χ1n) is 4.08. The number of rotatable bonds is 3. The van der Waals surface area contributed by atoms with Crippen LogP contribution < -0.4 is 0 Å². The van der Waals surface area contributed by atoms with Crippen molar-refractivity contribution in [2.75, 3.05) is 6.61 Å². The van der Waals surface area contributed by atoms with Crippen molar-refractivity contribution in [2.45, 2.75) is 6.92 Å². The van der Waals surface area contributed by atoms with Gasteiger partial charge in [0.25, 0.3) is 0 Å². The molecule has 14 heavy (non-hydrogen) atoms. The van der Waals surface area contributed by atoms with Crippen molar-refractivity contribution in [1.82, 2.24) is 9.97 Å². The van der Waals surface area contributed by atoms with E-state index in [2.05, 4.69) is 14.7 Å². The van der Waals surface area contributed by atoms with Crippen LogP contribution in [0.5, 0.6) is 0 Å². The summed E-state index contributed by atoms with van der Waals surface area (Å²) < 4.78 is 4.57. The number of aromatic nitrogens is 2. The van der Waals surface area contributed by atoms with Gasteiger partial charge in [0, 0.05) is 18.5 Å². The molecule has 5 heteroatoms. The number of esters is 1. The number of carbonyl (C=O) groups excluding carboxylic acids is 1. The molecule has 0 aliphatic carbocycles. The van der Waals surface area contributed by atoms with E-state index < -0.39 is 11.7 Å². The van der Waals surface area contributed by atoms with Crippen LogP contribution in [0.3, 0.4) is 0 Å². The highest BCUT2D eigenvalue weighted by Crippen LogP contribution is 2.01. The third-order valence-corrected chi connectivity index (χ3v) is 1.35. The summed E-state index contributed by atoms with van der Waals surface area (Å²) in [5.74, 6) is -1.24. The maximum Gasteiger partial charge on any atom is 0.373 e. The SMILES string of the molecule is CCOC(=O)/C(O)=C/c1cnccn1. The quantitative estimate of drug-likeness (QED) is 0.440. The Kier molecular flexibility index (Phi) is 3.60. The summed E-state index contributed by atoms with van der Waals surface area (Å²) in [5, 5.41) is 9.22. The average Bonchev–Trinajstić information content (AvgIpc) is 2.19. The lowest BCUT2D eigenvalue weighted by atomic mass is 10.3. The minimum absolute atomic E-state index is 0.219. The molecule has 0 atom stereocenters. The summed E-state index contributed by atoms with van der Waals surface area (Å²) in [6, 6.07) is 0. The highest BCUT2D eigenvalue weighted by molar-refractivity contribution is 5.90. The molecule has 0 aliphatic rings. The van der Waals surface area contributed by atoms with E-state index in [1.807, 2.05) is 0 Å². The fraction of sp³-hybridized carbons (Fsp3) is 0.222. The Morgan fingerprint density at radius 2 is 2.43 bits per heavy atom. The molecular weight excluding hydrogens is 184 g/mol. The fourth-order valence-corrected chi connectivity index (χ4v) is 0.789. The lowest BCUT2D eigenvalue weighted by Gasteiger charge is -1.99. The molecular formula is C9H10N2O3. The topological polar surface area (TPSA) is 72.3 Å². The van der Waals surface area contributed by atoms with Crippen LogP contribution in [0.15, 0.2) is 24.3 Å². The zero-order valence-electron chi connectivity index (χ0n) is 7.67. The van der Waals surface area contributed by atoms with Crippen LogP contribution in [0, 0.1) is 0 Å². The fourth-order valence-electron chi connectivity index (χ4n) is 0.789. The van der Waals surface area contributed by atoms with Gasteiger partial charge in [-0.3, -0.25) is 9.97 Å². The molecule has 0 fully saturated rings. The lowest BCUT2D eigenvalue weighted by Crippen LogP contribution is -2.06. The van der Waals surface area contributed by atoms with Crippen molar-refractivity contribution >= 4 is 12.0 Å². The predicted molar refractivity (Wildman–Crippen MR) is 49.3 cm³/mol. The van der Waals surface area contributed by atoms with Crippen molar-refractivity contribution in [2.24, 2.45) is 0 Å². The van der Waals surface area contributed by atoms with Crippen molar-refractivity contribution in [3.8, 4) is 0 Å². The van der Waals surface area contributed by atoms with Gasteiger partial charge in [0.05, 0.1) is 18.5 Å². The average molecular weight is 194 g/mol. The van der Waals surface area contributed by atoms with E-state index in [4.69, 9.17) is 0 Å². The Morgan fingerprint density at radius 3 is 3.00 bits per heavy atom. The molecule has 1 aromatic heterocycles. The highest BCUT2D eigenvalue weighted by Gasteiger charge is 2.07. The van der Waals surface area contributed by atoms with E-state index in [9.17, 15) is 9.90 Å². The summed E-state index contributed by atoms with van der Waals surface area (Å²) in [6.07, 6.45) is 5.59. The van der Waals surface area contributed by atoms with E-state index in [-0.39, 0.29) is 6.61 Å². The molecule has 0 aromatic carbocycles. The lowest BCUT2D eigenvalue weighted by molar-refractivity contribution is -0.141. The molecule has 0 amide bonds. The number of carbonyl (C=O) groups is 1. The minimum atomic E-state index is -0.766. The van der Waals surface area contributed by atoms with Crippen LogP contribution in [0.2, 0.25) is 0 Å². The summed E-state index contributed by atoms with van der Waals surface area (Å²) in [7, 11) is 0. The summed E-state index contributed by atoms with van der Waals surface area (Å²) in [5.41, 5.74) is 0.401. The summed E-state index contributed by atoms with van der Waals surface area (Å²) >= 11 is 0. The standard InChI is InChI=1S/C9H10N2O3/c1-2-14-9(13)8(12)5-7-6-10-3-4-11-7/h3-6,12H,2H2,1H3/b8-5-. The van der Waals surface area contributed by atoms with Gasteiger partial charge in [-0.05, 0) is 6.92 Å². The van der Waals surface area contributed by atoms with Crippen LogP contribution in [0.25, 0.3) is 6.08 Å². The second-order valence-corrected chi connectivity index (χ2v) is 2.38. The molecule has 1 heterocycles. The molecule has 5 nitrogen and oxygen atoms in total. The Balaban J connectivity index is 2.74. The van der Waals surface area contributed by atoms with Crippen LogP contribution in [-0.4, -0.2) is 27.7 Å². The van der Waals surface area contributed by atoms with Gasteiger partial charge >= 0.3 is 5.97 Å². The highest BCUT2D eigenvalue weighted by atomic mass is 16.5. The number of ether oxygens (including phenoxy) is 1. The van der Waals surface area contributed by atoms with Gasteiger partial charge in [-0.2, -0.15) is 0 Å². The normalized spacial score (nSPS) is 11.1. The number of nitrogens with zero attached hydrogens (tertiary/aromatic N) is 2. The van der Waals surface area contributed by atoms with Gasteiger partial charge in [0.15, 0.2) is 0 Å². The Morgan fingerprint density at radius 1 is 1.64 bits per heavy atom. The van der Waals surface area contributed by atoms with E-state index in [1.54, 1.807) is 6.92 Å². The molecule has 1 N–H and O–H groups in total. The second-order valence-electron chi connectivity index (χ2n) is 2.38. The number of hydrogen-bond donors (Lipinski definition) is 1. The van der Waals surface area contributed by atoms with Crippen LogP contribution >= 0.6 is 0 Å². The van der Waals surface area contributed by atoms with E-state index in [1.165, 1.54) is 24.7 Å². The first-order chi connectivity index (χ1) is 6.74. The maximum atomic E-state index is 11.0. The molecule has 0 saturated heterocycles. The Labute approximate surface area is 81.1 Å². The van der Waals surface area contributed by atoms with Crippen LogP contribution in [0.4, 0.5) is 0 Å². The van der Waals surface area contributed by atoms with Crippen molar-refractivity contribution in [3.63, 3.8) is 0 Å². The third-order valence-electron chi connectivity index (χ3n) is 1.35. The molecule has 0 bridgehead atoms. The van der Waals surface area contributed by atoms with E-state index in [0.717, 1.165) is 0 Å². The van der Waals surface area contributed by atoms with Crippen LogP contribution in [-0.2, 0) is 9.53 Å². The van der Waals surface area contributed by atoms with Crippen LogP contribution in [0.1, 0.15) is 12.6 Å². The Hall–Kier alpha value is -1.91. The van der Waals surface area contributed by atoms with Crippen molar-refractivity contribution in [3.05, 3.63) is 30.0 Å². The van der Waals surface area contributed by atoms with Crippen molar-refractivity contribution in [1.29, 1.82) is 0 Å². The second kappa shape index (κ2) is 4.96. The zero-order valence-corrected chi connectivity index (χ0v) is 7.67. The van der Waals surface area contributed by atoms with E-state index in [0.29, 0.717) is 5.69 Å². The minimum Gasteiger partial charge on any atom is -0.502 e. The van der Waals surface area contributed by atoms with Crippen molar-refractivity contribution < 1.29 is 14.6 Å². The summed E-state index contributed by atoms with van der Waals surface area (Å²) in [6.45, 7) is 1.88. The Bertz CT molecular complexity index is 335. The first-order valence-corrected chi connectivity index (χ1v) is 4.08. The van der Waals surface area contributed by atoms with Gasteiger partial charge in [-0.25, -0.2) is 4.79 Å². The van der Waals surface area contributed by atoms with Gasteiger partial charge in [0.2, 0.25) is 5.76 Å². The molecule has 0 saturated carbocycles. The number of hydrogen-bond acceptors (Lipinski definition) is 5. The van der Waals surface area contributed by atoms with Gasteiger partial charge < -0.3 is 9.84 Å². The van der Waals surface area contributed by atoms with Gasteiger partial charge in [-0.15, -0.1) is 0 Å². The zero-order chi connectivity index (χ0) is 10.4. The maximum absolute atomic E-state index is 11.0. The molecule has 1 aromatic rings. The molecule has 0 aliphatic heterocycles. The largest absolute Gasteiger partial charge is 0.502 e.